The Balaban J connectivity index is 2.17. The van der Waals surface area contributed by atoms with Crippen LogP contribution < -0.4 is 4.74 Å². The zero-order valence-corrected chi connectivity index (χ0v) is 7.92. The number of methoxy groups -OCH3 is 1. The second kappa shape index (κ2) is 3.91. The van der Waals surface area contributed by atoms with Gasteiger partial charge in [-0.2, -0.15) is 0 Å². The maximum atomic E-state index is 5.04. The van der Waals surface area contributed by atoms with Crippen LogP contribution in [-0.2, 0) is 6.54 Å². The first kappa shape index (κ1) is 8.74. The van der Waals surface area contributed by atoms with Crippen molar-refractivity contribution in [1.82, 2.24) is 14.5 Å². The standard InChI is InChI=1S/C10H11N3O/c1-14-10-4-2-3-9(12-10)7-13-6-5-11-8-13/h2-6,8H,7H2,1H3. The Hall–Kier alpha value is -1.84. The number of hydrogen-bond donors (Lipinski definition) is 0. The highest BCUT2D eigenvalue weighted by Gasteiger charge is 1.97. The molecule has 0 fully saturated rings. The van der Waals surface area contributed by atoms with E-state index in [1.54, 1.807) is 19.6 Å². The molecule has 0 bridgehead atoms. The SMILES string of the molecule is COc1cccc(Cn2ccnc2)n1. The lowest BCUT2D eigenvalue weighted by Crippen LogP contribution is -2.00. The molecule has 2 aromatic heterocycles. The molecule has 0 N–H and O–H groups in total. The maximum absolute atomic E-state index is 5.04. The number of rotatable bonds is 3. The van der Waals surface area contributed by atoms with Crippen molar-refractivity contribution >= 4 is 0 Å². The molecule has 4 heteroatoms. The first-order valence-corrected chi connectivity index (χ1v) is 4.34. The fraction of sp³-hybridized carbons (Fsp3) is 0.200. The van der Waals surface area contributed by atoms with Crippen LogP contribution >= 0.6 is 0 Å². The molecule has 72 valence electrons. The average Bonchev–Trinajstić information content (AvgIpc) is 2.71. The van der Waals surface area contributed by atoms with Gasteiger partial charge in [0.2, 0.25) is 5.88 Å². The van der Waals surface area contributed by atoms with Crippen LogP contribution in [0.25, 0.3) is 0 Å². The molecule has 0 unspecified atom stereocenters. The Kier molecular flexibility index (Phi) is 2.44. The molecule has 2 heterocycles. The lowest BCUT2D eigenvalue weighted by Gasteiger charge is -2.03. The normalized spacial score (nSPS) is 10.1. The van der Waals surface area contributed by atoms with Crippen molar-refractivity contribution in [1.29, 1.82) is 0 Å². The fourth-order valence-electron chi connectivity index (χ4n) is 1.23. The summed E-state index contributed by atoms with van der Waals surface area (Å²) in [6.45, 7) is 0.719. The van der Waals surface area contributed by atoms with Crippen molar-refractivity contribution in [3.05, 3.63) is 42.6 Å². The van der Waals surface area contributed by atoms with Crippen LogP contribution in [-0.4, -0.2) is 21.6 Å². The first-order valence-electron chi connectivity index (χ1n) is 4.34. The third-order valence-electron chi connectivity index (χ3n) is 1.89. The van der Waals surface area contributed by atoms with E-state index >= 15 is 0 Å². The highest BCUT2D eigenvalue weighted by molar-refractivity contribution is 5.15. The molecule has 0 saturated carbocycles. The van der Waals surface area contributed by atoms with E-state index in [2.05, 4.69) is 9.97 Å². The van der Waals surface area contributed by atoms with Gasteiger partial charge in [-0.1, -0.05) is 6.07 Å². The number of imidazole rings is 1. The Labute approximate surface area is 82.2 Å². The molecule has 0 amide bonds. The van der Waals surface area contributed by atoms with Crippen molar-refractivity contribution in [2.45, 2.75) is 6.54 Å². The lowest BCUT2D eigenvalue weighted by molar-refractivity contribution is 0.396. The van der Waals surface area contributed by atoms with Gasteiger partial charge in [-0.3, -0.25) is 0 Å². The average molecular weight is 189 g/mol. The predicted octanol–water partition coefficient (Wildman–Crippen LogP) is 1.33. The molecule has 4 nitrogen and oxygen atoms in total. The summed E-state index contributed by atoms with van der Waals surface area (Å²) in [7, 11) is 1.61. The van der Waals surface area contributed by atoms with Crippen LogP contribution in [0.15, 0.2) is 36.9 Å². The molecular weight excluding hydrogens is 178 g/mol. The van der Waals surface area contributed by atoms with E-state index in [0.717, 1.165) is 12.2 Å². The number of ether oxygens (including phenoxy) is 1. The molecule has 0 spiro atoms. The van der Waals surface area contributed by atoms with Gasteiger partial charge in [0.15, 0.2) is 0 Å². The van der Waals surface area contributed by atoms with Gasteiger partial charge in [0.05, 0.1) is 25.7 Å². The monoisotopic (exact) mass is 189 g/mol. The Morgan fingerprint density at radius 3 is 3.07 bits per heavy atom. The zero-order valence-electron chi connectivity index (χ0n) is 7.92. The summed E-state index contributed by atoms with van der Waals surface area (Å²) >= 11 is 0. The summed E-state index contributed by atoms with van der Waals surface area (Å²) in [6, 6.07) is 5.72. The smallest absolute Gasteiger partial charge is 0.213 e. The van der Waals surface area contributed by atoms with E-state index < -0.39 is 0 Å². The second-order valence-corrected chi connectivity index (χ2v) is 2.91. The summed E-state index contributed by atoms with van der Waals surface area (Å²) in [4.78, 5) is 8.26. The van der Waals surface area contributed by atoms with Crippen molar-refractivity contribution < 1.29 is 4.74 Å². The van der Waals surface area contributed by atoms with E-state index in [9.17, 15) is 0 Å². The largest absolute Gasteiger partial charge is 0.481 e. The zero-order chi connectivity index (χ0) is 9.80. The molecule has 2 rings (SSSR count). The first-order chi connectivity index (χ1) is 6.88. The van der Waals surface area contributed by atoms with Gasteiger partial charge in [0, 0.05) is 18.5 Å². The molecule has 0 radical (unpaired) electrons. The topological polar surface area (TPSA) is 39.9 Å². The molecule has 14 heavy (non-hydrogen) atoms. The van der Waals surface area contributed by atoms with Crippen LogP contribution in [0.3, 0.4) is 0 Å². The Morgan fingerprint density at radius 2 is 2.36 bits per heavy atom. The Morgan fingerprint density at radius 1 is 1.43 bits per heavy atom. The summed E-state index contributed by atoms with van der Waals surface area (Å²) in [5.74, 6) is 0.641. The van der Waals surface area contributed by atoms with Gasteiger partial charge in [-0.05, 0) is 6.07 Å². The van der Waals surface area contributed by atoms with E-state index in [1.807, 2.05) is 29.0 Å². The quantitative estimate of drug-likeness (QED) is 0.731. The third-order valence-corrected chi connectivity index (χ3v) is 1.89. The van der Waals surface area contributed by atoms with Crippen LogP contribution in [0.5, 0.6) is 5.88 Å². The Bertz CT molecular complexity index is 398. The third kappa shape index (κ3) is 1.90. The van der Waals surface area contributed by atoms with Gasteiger partial charge < -0.3 is 9.30 Å². The maximum Gasteiger partial charge on any atom is 0.213 e. The van der Waals surface area contributed by atoms with Gasteiger partial charge in [-0.15, -0.1) is 0 Å². The minimum Gasteiger partial charge on any atom is -0.481 e. The van der Waals surface area contributed by atoms with Crippen molar-refractivity contribution in [2.24, 2.45) is 0 Å². The van der Waals surface area contributed by atoms with Gasteiger partial charge >= 0.3 is 0 Å². The molecule has 0 aromatic carbocycles. The van der Waals surface area contributed by atoms with Gasteiger partial charge in [0.1, 0.15) is 0 Å². The molecular formula is C10H11N3O. The number of hydrogen-bond acceptors (Lipinski definition) is 3. The summed E-state index contributed by atoms with van der Waals surface area (Å²) in [6.07, 6.45) is 5.42. The highest BCUT2D eigenvalue weighted by Crippen LogP contribution is 2.07. The summed E-state index contributed by atoms with van der Waals surface area (Å²) in [5.41, 5.74) is 0.961. The van der Waals surface area contributed by atoms with Crippen LogP contribution in [0.2, 0.25) is 0 Å². The molecule has 2 aromatic rings. The summed E-state index contributed by atoms with van der Waals surface area (Å²) in [5, 5.41) is 0. The molecule has 0 aliphatic rings. The lowest BCUT2D eigenvalue weighted by atomic mass is 10.3. The van der Waals surface area contributed by atoms with Crippen molar-refractivity contribution in [3.8, 4) is 5.88 Å². The highest BCUT2D eigenvalue weighted by atomic mass is 16.5. The van der Waals surface area contributed by atoms with Crippen LogP contribution in [0.4, 0.5) is 0 Å². The predicted molar refractivity (Wildman–Crippen MR) is 52.1 cm³/mol. The molecule has 0 atom stereocenters. The molecule has 0 aliphatic carbocycles. The van der Waals surface area contributed by atoms with E-state index in [1.165, 1.54) is 0 Å². The van der Waals surface area contributed by atoms with Crippen LogP contribution in [0, 0.1) is 0 Å². The number of pyridine rings is 1. The minimum atomic E-state index is 0.641. The summed E-state index contributed by atoms with van der Waals surface area (Å²) < 4.78 is 7.00. The second-order valence-electron chi connectivity index (χ2n) is 2.91. The van der Waals surface area contributed by atoms with Gasteiger partial charge in [0.25, 0.3) is 0 Å². The van der Waals surface area contributed by atoms with Crippen molar-refractivity contribution in [2.75, 3.05) is 7.11 Å². The molecule has 0 aliphatic heterocycles. The minimum absolute atomic E-state index is 0.641. The van der Waals surface area contributed by atoms with Crippen molar-refractivity contribution in [3.63, 3.8) is 0 Å². The number of nitrogens with zero attached hydrogens (tertiary/aromatic N) is 3. The fourth-order valence-corrected chi connectivity index (χ4v) is 1.23. The molecule has 0 saturated heterocycles. The number of aromatic nitrogens is 3. The van der Waals surface area contributed by atoms with E-state index in [-0.39, 0.29) is 0 Å². The van der Waals surface area contributed by atoms with E-state index in [4.69, 9.17) is 4.74 Å². The van der Waals surface area contributed by atoms with Crippen LogP contribution in [0.1, 0.15) is 5.69 Å². The van der Waals surface area contributed by atoms with Gasteiger partial charge in [-0.25, -0.2) is 9.97 Å². The van der Waals surface area contributed by atoms with E-state index in [0.29, 0.717) is 5.88 Å².